The Bertz CT molecular complexity index is 796. The van der Waals surface area contributed by atoms with Crippen molar-refractivity contribution in [3.63, 3.8) is 0 Å². The molecule has 21 heavy (non-hydrogen) atoms. The van der Waals surface area contributed by atoms with Gasteiger partial charge in [0.05, 0.1) is 15.2 Å². The first kappa shape index (κ1) is 13.9. The summed E-state index contributed by atoms with van der Waals surface area (Å²) in [6.07, 6.45) is 2.21. The SMILES string of the molecule is Cc1csc2c(NCCc3nc(C(=O)O)cs3)ncnc12. The van der Waals surface area contributed by atoms with E-state index in [1.165, 1.54) is 11.3 Å². The summed E-state index contributed by atoms with van der Waals surface area (Å²) in [6, 6.07) is 0. The van der Waals surface area contributed by atoms with Gasteiger partial charge in [-0.25, -0.2) is 19.7 Å². The van der Waals surface area contributed by atoms with Crippen molar-refractivity contribution in [2.45, 2.75) is 13.3 Å². The fourth-order valence-corrected chi connectivity index (χ4v) is 3.65. The number of hydrogen-bond donors (Lipinski definition) is 2. The fraction of sp³-hybridized carbons (Fsp3) is 0.231. The Morgan fingerprint density at radius 3 is 2.95 bits per heavy atom. The van der Waals surface area contributed by atoms with Gasteiger partial charge in [0.2, 0.25) is 0 Å². The van der Waals surface area contributed by atoms with Crippen LogP contribution in [0.15, 0.2) is 17.1 Å². The molecule has 0 amide bonds. The second kappa shape index (κ2) is 5.74. The fourth-order valence-electron chi connectivity index (χ4n) is 1.91. The van der Waals surface area contributed by atoms with Crippen molar-refractivity contribution >= 4 is 44.7 Å². The first-order chi connectivity index (χ1) is 10.1. The molecule has 2 N–H and O–H groups in total. The highest BCUT2D eigenvalue weighted by Crippen LogP contribution is 2.28. The molecule has 0 atom stereocenters. The number of carbonyl (C=O) groups is 1. The second-order valence-electron chi connectivity index (χ2n) is 4.43. The highest BCUT2D eigenvalue weighted by atomic mass is 32.1. The number of fused-ring (bicyclic) bond motifs is 1. The van der Waals surface area contributed by atoms with Crippen LogP contribution in [0.2, 0.25) is 0 Å². The summed E-state index contributed by atoms with van der Waals surface area (Å²) < 4.78 is 1.04. The molecule has 0 bridgehead atoms. The summed E-state index contributed by atoms with van der Waals surface area (Å²) >= 11 is 2.98. The van der Waals surface area contributed by atoms with Gasteiger partial charge in [0, 0.05) is 18.3 Å². The lowest BCUT2D eigenvalue weighted by molar-refractivity contribution is 0.0691. The summed E-state index contributed by atoms with van der Waals surface area (Å²) in [5.41, 5.74) is 2.22. The van der Waals surface area contributed by atoms with E-state index in [9.17, 15) is 4.79 Å². The zero-order valence-corrected chi connectivity index (χ0v) is 12.8. The van der Waals surface area contributed by atoms with Gasteiger partial charge < -0.3 is 10.4 Å². The van der Waals surface area contributed by atoms with Crippen LogP contribution in [0, 0.1) is 6.92 Å². The van der Waals surface area contributed by atoms with Crippen molar-refractivity contribution in [1.82, 2.24) is 15.0 Å². The molecule has 0 spiro atoms. The Balaban J connectivity index is 1.67. The van der Waals surface area contributed by atoms with Crippen molar-refractivity contribution < 1.29 is 9.90 Å². The molecule has 8 heteroatoms. The maximum Gasteiger partial charge on any atom is 0.355 e. The van der Waals surface area contributed by atoms with Crippen LogP contribution in [0.1, 0.15) is 21.1 Å². The van der Waals surface area contributed by atoms with E-state index in [0.717, 1.165) is 26.6 Å². The molecule has 3 heterocycles. The first-order valence-corrected chi connectivity index (χ1v) is 8.01. The van der Waals surface area contributed by atoms with Gasteiger partial charge in [0.15, 0.2) is 5.69 Å². The summed E-state index contributed by atoms with van der Waals surface area (Å²) in [6.45, 7) is 2.67. The topological polar surface area (TPSA) is 88.0 Å². The maximum absolute atomic E-state index is 10.8. The molecule has 6 nitrogen and oxygen atoms in total. The summed E-state index contributed by atoms with van der Waals surface area (Å²) in [5.74, 6) is -0.176. The van der Waals surface area contributed by atoms with Crippen LogP contribution in [0.5, 0.6) is 0 Å². The molecule has 0 saturated heterocycles. The van der Waals surface area contributed by atoms with E-state index in [1.54, 1.807) is 23.0 Å². The van der Waals surface area contributed by atoms with E-state index < -0.39 is 5.97 Å². The lowest BCUT2D eigenvalue weighted by Gasteiger charge is -2.04. The molecule has 3 rings (SSSR count). The number of carboxylic acid groups (broad SMARTS) is 1. The Morgan fingerprint density at radius 1 is 1.33 bits per heavy atom. The molecule has 0 radical (unpaired) electrons. The maximum atomic E-state index is 10.8. The van der Waals surface area contributed by atoms with Crippen molar-refractivity contribution in [2.24, 2.45) is 0 Å². The minimum Gasteiger partial charge on any atom is -0.476 e. The molecule has 0 unspecified atom stereocenters. The molecule has 0 saturated carbocycles. The molecule has 0 aromatic carbocycles. The molecular formula is C13H12N4O2S2. The third-order valence-electron chi connectivity index (χ3n) is 2.93. The standard InChI is InChI=1S/C13H12N4O2S2/c1-7-4-21-11-10(7)15-6-16-12(11)14-3-2-9-17-8(5-20-9)13(18)19/h4-6H,2-3H2,1H3,(H,18,19)(H,14,15,16). The van der Waals surface area contributed by atoms with Gasteiger partial charge in [-0.2, -0.15) is 0 Å². The molecule has 0 aliphatic rings. The van der Waals surface area contributed by atoms with Gasteiger partial charge in [-0.15, -0.1) is 22.7 Å². The van der Waals surface area contributed by atoms with Crippen molar-refractivity contribution in [2.75, 3.05) is 11.9 Å². The third kappa shape index (κ3) is 2.86. The van der Waals surface area contributed by atoms with Crippen LogP contribution in [0.4, 0.5) is 5.82 Å². The number of aryl methyl sites for hydroxylation is 1. The number of nitrogens with one attached hydrogen (secondary N) is 1. The van der Waals surface area contributed by atoms with E-state index in [-0.39, 0.29) is 5.69 Å². The number of anilines is 1. The number of aromatic nitrogens is 3. The molecule has 0 aliphatic heterocycles. The van der Waals surface area contributed by atoms with Crippen LogP contribution < -0.4 is 5.32 Å². The average molecular weight is 320 g/mol. The number of aromatic carboxylic acids is 1. The van der Waals surface area contributed by atoms with Gasteiger partial charge in [0.1, 0.15) is 12.1 Å². The van der Waals surface area contributed by atoms with E-state index in [2.05, 4.69) is 25.6 Å². The minimum absolute atomic E-state index is 0.105. The van der Waals surface area contributed by atoms with E-state index in [1.807, 2.05) is 6.92 Å². The number of nitrogens with zero attached hydrogens (tertiary/aromatic N) is 3. The minimum atomic E-state index is -0.989. The smallest absolute Gasteiger partial charge is 0.355 e. The van der Waals surface area contributed by atoms with E-state index in [0.29, 0.717) is 13.0 Å². The van der Waals surface area contributed by atoms with Crippen LogP contribution in [-0.2, 0) is 6.42 Å². The third-order valence-corrected chi connectivity index (χ3v) is 4.94. The Labute approximate surface area is 128 Å². The van der Waals surface area contributed by atoms with Crippen LogP contribution in [0.25, 0.3) is 10.2 Å². The summed E-state index contributed by atoms with van der Waals surface area (Å²) in [7, 11) is 0. The quantitative estimate of drug-likeness (QED) is 0.751. The zero-order valence-electron chi connectivity index (χ0n) is 11.2. The van der Waals surface area contributed by atoms with Crippen LogP contribution >= 0.6 is 22.7 Å². The molecule has 0 fully saturated rings. The predicted molar refractivity (Wildman–Crippen MR) is 83.4 cm³/mol. The van der Waals surface area contributed by atoms with Crippen molar-refractivity contribution in [3.8, 4) is 0 Å². The molecule has 108 valence electrons. The van der Waals surface area contributed by atoms with Gasteiger partial charge in [-0.3, -0.25) is 0 Å². The summed E-state index contributed by atoms with van der Waals surface area (Å²) in [4.78, 5) is 23.4. The number of hydrogen-bond acceptors (Lipinski definition) is 7. The van der Waals surface area contributed by atoms with E-state index >= 15 is 0 Å². The monoisotopic (exact) mass is 320 g/mol. The highest BCUT2D eigenvalue weighted by molar-refractivity contribution is 7.18. The Hall–Kier alpha value is -2.06. The van der Waals surface area contributed by atoms with Crippen LogP contribution in [-0.4, -0.2) is 32.6 Å². The van der Waals surface area contributed by atoms with Crippen molar-refractivity contribution in [3.05, 3.63) is 33.4 Å². The van der Waals surface area contributed by atoms with Gasteiger partial charge in [-0.05, 0) is 17.9 Å². The van der Waals surface area contributed by atoms with Gasteiger partial charge in [-0.1, -0.05) is 0 Å². The largest absolute Gasteiger partial charge is 0.476 e. The second-order valence-corrected chi connectivity index (χ2v) is 6.25. The number of rotatable bonds is 5. The molecular weight excluding hydrogens is 308 g/mol. The van der Waals surface area contributed by atoms with Gasteiger partial charge in [0.25, 0.3) is 0 Å². The summed E-state index contributed by atoms with van der Waals surface area (Å²) in [5, 5.41) is 16.5. The molecule has 3 aromatic heterocycles. The molecule has 0 aliphatic carbocycles. The van der Waals surface area contributed by atoms with E-state index in [4.69, 9.17) is 5.11 Å². The van der Waals surface area contributed by atoms with Gasteiger partial charge >= 0.3 is 5.97 Å². The highest BCUT2D eigenvalue weighted by Gasteiger charge is 2.10. The number of thiazole rings is 1. The Morgan fingerprint density at radius 2 is 2.19 bits per heavy atom. The predicted octanol–water partition coefficient (Wildman–Crippen LogP) is 2.81. The number of thiophene rings is 1. The van der Waals surface area contributed by atoms with Crippen molar-refractivity contribution in [1.29, 1.82) is 0 Å². The normalized spacial score (nSPS) is 10.9. The van der Waals surface area contributed by atoms with Crippen LogP contribution in [0.3, 0.4) is 0 Å². The molecule has 3 aromatic rings. The number of carboxylic acids is 1. The Kier molecular flexibility index (Phi) is 3.80. The zero-order chi connectivity index (χ0) is 14.8. The first-order valence-electron chi connectivity index (χ1n) is 6.25. The lowest BCUT2D eigenvalue weighted by atomic mass is 10.3. The lowest BCUT2D eigenvalue weighted by Crippen LogP contribution is -2.07. The average Bonchev–Trinajstić information content (AvgIpc) is 3.07.